The summed E-state index contributed by atoms with van der Waals surface area (Å²) in [4.78, 5) is 66.0. The van der Waals surface area contributed by atoms with Gasteiger partial charge < -0.3 is 24.8 Å². The molecule has 2 unspecified atom stereocenters. The third kappa shape index (κ3) is 10.1. The number of carbonyl (C=O) groups excluding carboxylic acids is 4. The highest BCUT2D eigenvalue weighted by atomic mass is 16.5. The number of pyridine rings is 1. The molecule has 55 heavy (non-hydrogen) atoms. The van der Waals surface area contributed by atoms with Crippen molar-refractivity contribution in [3.05, 3.63) is 108 Å². The van der Waals surface area contributed by atoms with Gasteiger partial charge in [-0.3, -0.25) is 19.4 Å². The van der Waals surface area contributed by atoms with E-state index < -0.39 is 18.2 Å². The van der Waals surface area contributed by atoms with Gasteiger partial charge in [-0.1, -0.05) is 125 Å². The van der Waals surface area contributed by atoms with Crippen molar-refractivity contribution in [2.75, 3.05) is 6.54 Å². The van der Waals surface area contributed by atoms with E-state index in [4.69, 9.17) is 4.74 Å². The molecule has 0 saturated carbocycles. The number of unbranched alkanes of at least 4 members (excludes halogenated alkanes) is 5. The first kappa shape index (κ1) is 39.4. The average molecular weight is 746 g/mol. The number of benzene rings is 3. The van der Waals surface area contributed by atoms with Crippen molar-refractivity contribution in [2.24, 2.45) is 5.92 Å². The molecule has 0 spiro atoms. The summed E-state index contributed by atoms with van der Waals surface area (Å²) in [6.45, 7) is 5.03. The van der Waals surface area contributed by atoms with Crippen molar-refractivity contribution in [1.29, 1.82) is 0 Å². The number of rotatable bonds is 17. The number of ether oxygens (including phenoxy) is 1. The summed E-state index contributed by atoms with van der Waals surface area (Å²) in [7, 11) is 0. The third-order valence-electron chi connectivity index (χ3n) is 11.1. The van der Waals surface area contributed by atoms with Gasteiger partial charge in [0.25, 0.3) is 0 Å². The zero-order valence-electron chi connectivity index (χ0n) is 32.3. The highest BCUT2D eigenvalue weighted by Crippen LogP contribution is 2.36. The van der Waals surface area contributed by atoms with E-state index in [1.165, 1.54) is 19.3 Å². The summed E-state index contributed by atoms with van der Waals surface area (Å²) >= 11 is 0. The standard InChI is InChI=1S/C45H55N5O5/c1-3-4-5-6-7-10-17-34(25-26-41(52)55-38-23-13-9-14-24-38)30-39-44(53)49(32-37-21-15-20-36-22-16-28-46-42(36)37)33(2)43-48(29-27-40(51)50(39)43)45(54)47-31-35-18-11-8-12-19-35/h8-9,11-16,18-24,28,33-34,39,43H,3-7,10,17,25-27,29-32H2,1-2H3,(H,47,54)/t33-,34?,39-,43?/m0/s1. The van der Waals surface area contributed by atoms with E-state index in [1.54, 1.807) is 28.1 Å². The average Bonchev–Trinajstić information content (AvgIpc) is 3.21. The number of piperazine rings is 1. The number of nitrogens with zero attached hydrogens (tertiary/aromatic N) is 4. The zero-order valence-corrected chi connectivity index (χ0v) is 32.3. The Hall–Kier alpha value is -5.25. The maximum absolute atomic E-state index is 14.9. The van der Waals surface area contributed by atoms with Crippen LogP contribution in [0.2, 0.25) is 0 Å². The van der Waals surface area contributed by atoms with E-state index in [0.717, 1.165) is 47.7 Å². The lowest BCUT2D eigenvalue weighted by Crippen LogP contribution is -2.75. The predicted molar refractivity (Wildman–Crippen MR) is 214 cm³/mol. The van der Waals surface area contributed by atoms with Crippen LogP contribution in [0.1, 0.15) is 95.6 Å². The number of nitrogens with one attached hydrogen (secondary N) is 1. The largest absolute Gasteiger partial charge is 0.427 e. The molecule has 2 fully saturated rings. The quantitative estimate of drug-likeness (QED) is 0.0662. The van der Waals surface area contributed by atoms with Gasteiger partial charge >= 0.3 is 12.0 Å². The Kier molecular flexibility index (Phi) is 13.9. The molecule has 6 rings (SSSR count). The summed E-state index contributed by atoms with van der Waals surface area (Å²) in [6, 6.07) is 27.1. The molecule has 10 heteroatoms. The molecule has 4 aromatic rings. The van der Waals surface area contributed by atoms with Gasteiger partial charge in [-0.25, -0.2) is 4.79 Å². The van der Waals surface area contributed by atoms with Gasteiger partial charge in [0.1, 0.15) is 18.0 Å². The van der Waals surface area contributed by atoms with Crippen LogP contribution in [-0.4, -0.2) is 68.3 Å². The highest BCUT2D eigenvalue weighted by Gasteiger charge is 2.52. The summed E-state index contributed by atoms with van der Waals surface area (Å²) < 4.78 is 5.64. The van der Waals surface area contributed by atoms with E-state index in [1.807, 2.05) is 90.7 Å². The maximum Gasteiger partial charge on any atom is 0.319 e. The summed E-state index contributed by atoms with van der Waals surface area (Å²) in [5.41, 5.74) is 2.69. The van der Waals surface area contributed by atoms with Gasteiger partial charge in [0.05, 0.1) is 11.6 Å². The number of esters is 1. The number of carbonyl (C=O) groups is 4. The van der Waals surface area contributed by atoms with E-state index in [2.05, 4.69) is 17.2 Å². The first-order valence-electron chi connectivity index (χ1n) is 20.1. The molecule has 2 saturated heterocycles. The lowest BCUT2D eigenvalue weighted by atomic mass is 9.86. The Labute approximate surface area is 325 Å². The fourth-order valence-electron chi connectivity index (χ4n) is 8.21. The second kappa shape index (κ2) is 19.4. The topological polar surface area (TPSA) is 112 Å². The van der Waals surface area contributed by atoms with Crippen molar-refractivity contribution < 1.29 is 23.9 Å². The Balaban J connectivity index is 1.28. The predicted octanol–water partition coefficient (Wildman–Crippen LogP) is 8.25. The first-order chi connectivity index (χ1) is 26.8. The van der Waals surface area contributed by atoms with Crippen LogP contribution in [-0.2, 0) is 27.5 Å². The molecular weight excluding hydrogens is 691 g/mol. The Morgan fingerprint density at radius 1 is 0.873 bits per heavy atom. The summed E-state index contributed by atoms with van der Waals surface area (Å²) in [6.07, 6.45) is 9.91. The molecule has 0 aliphatic carbocycles. The van der Waals surface area contributed by atoms with E-state index in [0.29, 0.717) is 25.1 Å². The van der Waals surface area contributed by atoms with Crippen molar-refractivity contribution in [3.63, 3.8) is 0 Å². The number of urea groups is 1. The zero-order chi connectivity index (χ0) is 38.6. The van der Waals surface area contributed by atoms with Crippen molar-refractivity contribution >= 4 is 34.7 Å². The molecule has 4 atom stereocenters. The minimum absolute atomic E-state index is 0.0198. The van der Waals surface area contributed by atoms with E-state index in [-0.39, 0.29) is 55.7 Å². The number of fused-ring (bicyclic) bond motifs is 2. The molecule has 4 amide bonds. The molecule has 2 aliphatic heterocycles. The molecule has 10 nitrogen and oxygen atoms in total. The van der Waals surface area contributed by atoms with Crippen LogP contribution in [0.15, 0.2) is 97.2 Å². The van der Waals surface area contributed by atoms with Gasteiger partial charge in [-0.2, -0.15) is 0 Å². The van der Waals surface area contributed by atoms with Crippen LogP contribution in [0.25, 0.3) is 10.9 Å². The fourth-order valence-corrected chi connectivity index (χ4v) is 8.21. The highest BCUT2D eigenvalue weighted by molar-refractivity contribution is 5.92. The molecule has 1 N–H and O–H groups in total. The van der Waals surface area contributed by atoms with Crippen LogP contribution in [0.5, 0.6) is 5.75 Å². The molecule has 3 heterocycles. The Morgan fingerprint density at radius 3 is 2.38 bits per heavy atom. The van der Waals surface area contributed by atoms with E-state index >= 15 is 0 Å². The molecule has 0 radical (unpaired) electrons. The van der Waals surface area contributed by atoms with Gasteiger partial charge in [-0.05, 0) is 55.0 Å². The molecule has 3 aromatic carbocycles. The van der Waals surface area contributed by atoms with Crippen LogP contribution in [0, 0.1) is 5.92 Å². The minimum Gasteiger partial charge on any atom is -0.427 e. The molecular formula is C45H55N5O5. The monoisotopic (exact) mass is 745 g/mol. The van der Waals surface area contributed by atoms with Crippen molar-refractivity contribution in [1.82, 2.24) is 25.0 Å². The molecule has 0 bridgehead atoms. The number of para-hydroxylation sites is 2. The van der Waals surface area contributed by atoms with Crippen LogP contribution < -0.4 is 10.1 Å². The van der Waals surface area contributed by atoms with E-state index in [9.17, 15) is 19.2 Å². The van der Waals surface area contributed by atoms with Crippen LogP contribution in [0.3, 0.4) is 0 Å². The number of amides is 4. The van der Waals surface area contributed by atoms with Crippen molar-refractivity contribution in [2.45, 2.75) is 116 Å². The smallest absolute Gasteiger partial charge is 0.319 e. The first-order valence-corrected chi connectivity index (χ1v) is 20.1. The molecule has 1 aromatic heterocycles. The van der Waals surface area contributed by atoms with Gasteiger partial charge in [-0.15, -0.1) is 0 Å². The van der Waals surface area contributed by atoms with Gasteiger partial charge in [0.15, 0.2) is 0 Å². The lowest BCUT2D eigenvalue weighted by molar-refractivity contribution is -0.175. The normalized spacial score (nSPS) is 18.9. The molecule has 290 valence electrons. The lowest BCUT2D eigenvalue weighted by Gasteiger charge is -2.56. The fraction of sp³-hybridized carbons (Fsp3) is 0.444. The van der Waals surface area contributed by atoms with Gasteiger partial charge in [0.2, 0.25) is 11.8 Å². The van der Waals surface area contributed by atoms with Gasteiger partial charge in [0, 0.05) is 44.1 Å². The third-order valence-corrected chi connectivity index (χ3v) is 11.1. The minimum atomic E-state index is -0.795. The Bertz CT molecular complexity index is 1880. The summed E-state index contributed by atoms with van der Waals surface area (Å²) in [5.74, 6) is -0.107. The Morgan fingerprint density at radius 2 is 1.60 bits per heavy atom. The number of hydrogen-bond donors (Lipinski definition) is 1. The maximum atomic E-state index is 14.9. The van der Waals surface area contributed by atoms with Crippen LogP contribution >= 0.6 is 0 Å². The SMILES string of the molecule is CCCCCCCCC(CCC(=O)Oc1ccccc1)C[C@H]1C(=O)N(Cc2cccc3cccnc23)[C@@H](C)C2N(C(=O)NCc3ccccc3)CCC(=O)N21. The van der Waals surface area contributed by atoms with Crippen LogP contribution in [0.4, 0.5) is 4.79 Å². The van der Waals surface area contributed by atoms with Crippen molar-refractivity contribution in [3.8, 4) is 5.75 Å². The second-order valence-electron chi connectivity index (χ2n) is 15.0. The second-order valence-corrected chi connectivity index (χ2v) is 15.0. The number of hydrogen-bond acceptors (Lipinski definition) is 6. The summed E-state index contributed by atoms with van der Waals surface area (Å²) in [5, 5.41) is 4.06. The number of aromatic nitrogens is 1. The molecule has 2 aliphatic rings.